The van der Waals surface area contributed by atoms with E-state index >= 15 is 0 Å². The molecule has 3 rings (SSSR count). The van der Waals surface area contributed by atoms with Crippen LogP contribution in [0.3, 0.4) is 0 Å². The maximum atomic E-state index is 11.7. The van der Waals surface area contributed by atoms with Gasteiger partial charge in [0.2, 0.25) is 0 Å². The SMILES string of the molecule is CC1(C)N=C(c2ccc3ncccc3c2)NC1=O. The summed E-state index contributed by atoms with van der Waals surface area (Å²) in [6.45, 7) is 3.61. The van der Waals surface area contributed by atoms with Crippen molar-refractivity contribution in [2.45, 2.75) is 19.4 Å². The Kier molecular flexibility index (Phi) is 2.20. The van der Waals surface area contributed by atoms with Crippen molar-refractivity contribution >= 4 is 22.6 Å². The lowest BCUT2D eigenvalue weighted by Crippen LogP contribution is -2.34. The fourth-order valence-electron chi connectivity index (χ4n) is 1.98. The number of carbonyl (C=O) groups is 1. The molecular weight excluding hydrogens is 226 g/mol. The van der Waals surface area contributed by atoms with E-state index in [0.29, 0.717) is 5.84 Å². The van der Waals surface area contributed by atoms with E-state index < -0.39 is 5.54 Å². The van der Waals surface area contributed by atoms with Gasteiger partial charge >= 0.3 is 0 Å². The number of amidine groups is 1. The van der Waals surface area contributed by atoms with Gasteiger partial charge in [-0.05, 0) is 38.1 Å². The molecule has 0 unspecified atom stereocenters. The Hall–Kier alpha value is -2.23. The maximum absolute atomic E-state index is 11.7. The highest BCUT2D eigenvalue weighted by Crippen LogP contribution is 2.20. The number of pyridine rings is 1. The zero-order valence-electron chi connectivity index (χ0n) is 10.3. The topological polar surface area (TPSA) is 54.4 Å². The van der Waals surface area contributed by atoms with Gasteiger partial charge in [0.1, 0.15) is 11.4 Å². The van der Waals surface area contributed by atoms with Gasteiger partial charge in [-0.25, -0.2) is 0 Å². The molecule has 0 saturated carbocycles. The molecule has 1 amide bonds. The fraction of sp³-hybridized carbons (Fsp3) is 0.214. The van der Waals surface area contributed by atoms with Gasteiger partial charge in [-0.15, -0.1) is 0 Å². The van der Waals surface area contributed by atoms with E-state index in [-0.39, 0.29) is 5.91 Å². The van der Waals surface area contributed by atoms with Gasteiger partial charge in [-0.3, -0.25) is 14.8 Å². The van der Waals surface area contributed by atoms with Crippen LogP contribution in [0.4, 0.5) is 0 Å². The molecule has 0 radical (unpaired) electrons. The molecule has 1 N–H and O–H groups in total. The number of rotatable bonds is 1. The van der Waals surface area contributed by atoms with E-state index in [1.54, 1.807) is 20.0 Å². The number of fused-ring (bicyclic) bond motifs is 1. The molecule has 0 saturated heterocycles. The maximum Gasteiger partial charge on any atom is 0.252 e. The first kappa shape index (κ1) is 10.9. The number of hydrogen-bond acceptors (Lipinski definition) is 3. The van der Waals surface area contributed by atoms with Gasteiger partial charge < -0.3 is 5.32 Å². The molecule has 18 heavy (non-hydrogen) atoms. The first-order chi connectivity index (χ1) is 8.56. The summed E-state index contributed by atoms with van der Waals surface area (Å²) in [5.41, 5.74) is 1.17. The molecule has 0 bridgehead atoms. The predicted molar refractivity (Wildman–Crippen MR) is 70.5 cm³/mol. The van der Waals surface area contributed by atoms with Crippen molar-refractivity contribution in [2.75, 3.05) is 0 Å². The number of carbonyl (C=O) groups excluding carboxylic acids is 1. The zero-order valence-corrected chi connectivity index (χ0v) is 10.3. The minimum atomic E-state index is -0.681. The summed E-state index contributed by atoms with van der Waals surface area (Å²) in [7, 11) is 0. The summed E-state index contributed by atoms with van der Waals surface area (Å²) in [5, 5.41) is 3.85. The second-order valence-corrected chi connectivity index (χ2v) is 4.88. The van der Waals surface area contributed by atoms with E-state index in [2.05, 4.69) is 15.3 Å². The fourth-order valence-corrected chi connectivity index (χ4v) is 1.98. The smallest absolute Gasteiger partial charge is 0.252 e. The first-order valence-electron chi connectivity index (χ1n) is 5.83. The lowest BCUT2D eigenvalue weighted by molar-refractivity contribution is -0.122. The van der Waals surface area contributed by atoms with Crippen molar-refractivity contribution in [3.8, 4) is 0 Å². The van der Waals surface area contributed by atoms with Crippen LogP contribution in [0.5, 0.6) is 0 Å². The number of nitrogens with zero attached hydrogens (tertiary/aromatic N) is 2. The molecule has 2 aromatic rings. The van der Waals surface area contributed by atoms with Crippen molar-refractivity contribution < 1.29 is 4.79 Å². The summed E-state index contributed by atoms with van der Waals surface area (Å²) < 4.78 is 0. The highest BCUT2D eigenvalue weighted by atomic mass is 16.2. The molecule has 0 fully saturated rings. The lowest BCUT2D eigenvalue weighted by atomic mass is 10.1. The number of aromatic nitrogens is 1. The van der Waals surface area contributed by atoms with Crippen LogP contribution in [-0.4, -0.2) is 22.3 Å². The summed E-state index contributed by atoms with van der Waals surface area (Å²) in [6, 6.07) is 9.74. The number of benzene rings is 1. The third-order valence-electron chi connectivity index (χ3n) is 3.06. The van der Waals surface area contributed by atoms with Crippen LogP contribution in [-0.2, 0) is 4.79 Å². The average molecular weight is 239 g/mol. The minimum Gasteiger partial charge on any atom is -0.308 e. The molecule has 0 atom stereocenters. The van der Waals surface area contributed by atoms with Crippen LogP contribution in [0.15, 0.2) is 41.5 Å². The average Bonchev–Trinajstić information content (AvgIpc) is 2.63. The van der Waals surface area contributed by atoms with Crippen molar-refractivity contribution in [3.63, 3.8) is 0 Å². The largest absolute Gasteiger partial charge is 0.308 e. The molecule has 4 nitrogen and oxygen atoms in total. The molecule has 1 aliphatic heterocycles. The van der Waals surface area contributed by atoms with Crippen molar-refractivity contribution in [1.82, 2.24) is 10.3 Å². The first-order valence-corrected chi connectivity index (χ1v) is 5.83. The van der Waals surface area contributed by atoms with Crippen LogP contribution in [0, 0.1) is 0 Å². The molecule has 1 aromatic carbocycles. The third-order valence-corrected chi connectivity index (χ3v) is 3.06. The van der Waals surface area contributed by atoms with Gasteiger partial charge in [0.15, 0.2) is 0 Å². The highest BCUT2D eigenvalue weighted by molar-refractivity contribution is 6.15. The third kappa shape index (κ3) is 1.66. The second kappa shape index (κ2) is 3.63. The highest BCUT2D eigenvalue weighted by Gasteiger charge is 2.34. The Bertz CT molecular complexity index is 674. The zero-order chi connectivity index (χ0) is 12.8. The molecule has 0 aliphatic carbocycles. The van der Waals surface area contributed by atoms with Gasteiger partial charge in [0.05, 0.1) is 5.52 Å². The van der Waals surface area contributed by atoms with Crippen LogP contribution < -0.4 is 5.32 Å². The Morgan fingerprint density at radius 3 is 2.78 bits per heavy atom. The van der Waals surface area contributed by atoms with Gasteiger partial charge in [0.25, 0.3) is 5.91 Å². The van der Waals surface area contributed by atoms with Crippen molar-refractivity contribution in [2.24, 2.45) is 4.99 Å². The second-order valence-electron chi connectivity index (χ2n) is 4.88. The molecule has 4 heteroatoms. The van der Waals surface area contributed by atoms with Crippen molar-refractivity contribution in [1.29, 1.82) is 0 Å². The Labute approximate surface area is 105 Å². The molecular formula is C14H13N3O. The van der Waals surface area contributed by atoms with E-state index in [0.717, 1.165) is 16.5 Å². The van der Waals surface area contributed by atoms with Crippen LogP contribution in [0.2, 0.25) is 0 Å². The van der Waals surface area contributed by atoms with Gasteiger partial charge in [-0.2, -0.15) is 0 Å². The van der Waals surface area contributed by atoms with Gasteiger partial charge in [-0.1, -0.05) is 6.07 Å². The monoisotopic (exact) mass is 239 g/mol. The number of nitrogens with one attached hydrogen (secondary N) is 1. The summed E-state index contributed by atoms with van der Waals surface area (Å²) >= 11 is 0. The van der Waals surface area contributed by atoms with Crippen LogP contribution >= 0.6 is 0 Å². The van der Waals surface area contributed by atoms with Crippen LogP contribution in [0.1, 0.15) is 19.4 Å². The number of aliphatic imine (C=N–C) groups is 1. The normalized spacial score (nSPS) is 17.7. The van der Waals surface area contributed by atoms with Crippen LogP contribution in [0.25, 0.3) is 10.9 Å². The number of amides is 1. The van der Waals surface area contributed by atoms with E-state index in [1.807, 2.05) is 30.3 Å². The quantitative estimate of drug-likeness (QED) is 0.826. The number of hydrogen-bond donors (Lipinski definition) is 1. The predicted octanol–water partition coefficient (Wildman–Crippen LogP) is 1.89. The minimum absolute atomic E-state index is 0.0659. The Morgan fingerprint density at radius 2 is 2.06 bits per heavy atom. The molecule has 1 aliphatic rings. The Balaban J connectivity index is 2.09. The van der Waals surface area contributed by atoms with Crippen molar-refractivity contribution in [3.05, 3.63) is 42.1 Å². The molecule has 90 valence electrons. The van der Waals surface area contributed by atoms with E-state index in [1.165, 1.54) is 0 Å². The van der Waals surface area contributed by atoms with E-state index in [4.69, 9.17) is 0 Å². The lowest BCUT2D eigenvalue weighted by Gasteiger charge is -2.07. The summed E-state index contributed by atoms with van der Waals surface area (Å²) in [4.78, 5) is 20.4. The van der Waals surface area contributed by atoms with E-state index in [9.17, 15) is 4.79 Å². The molecule has 2 heterocycles. The van der Waals surface area contributed by atoms with Gasteiger partial charge in [0, 0.05) is 17.1 Å². The molecule has 1 aromatic heterocycles. The Morgan fingerprint density at radius 1 is 1.22 bits per heavy atom. The molecule has 0 spiro atoms. The standard InChI is InChI=1S/C14H13N3O/c1-14(2)13(18)16-12(17-14)10-5-6-11-9(8-10)4-3-7-15-11/h3-8H,1-2H3,(H,16,17,18). The summed E-state index contributed by atoms with van der Waals surface area (Å²) in [5.74, 6) is 0.569. The summed E-state index contributed by atoms with van der Waals surface area (Å²) in [6.07, 6.45) is 1.76.